The number of hydrazine groups is 1. The molecule has 4 heteroatoms. The number of rotatable bonds is 8. The summed E-state index contributed by atoms with van der Waals surface area (Å²) in [6, 6.07) is 0. The Morgan fingerprint density at radius 1 is 1.25 bits per heavy atom. The monoisotopic (exact) mass is 228 g/mol. The van der Waals surface area contributed by atoms with Crippen LogP contribution in [0.15, 0.2) is 4.99 Å². The second kappa shape index (κ2) is 10.7. The van der Waals surface area contributed by atoms with Crippen LogP contribution in [0.3, 0.4) is 0 Å². The average molecular weight is 228 g/mol. The first-order valence-electron chi connectivity index (χ1n) is 6.53. The molecule has 4 nitrogen and oxygen atoms in total. The van der Waals surface area contributed by atoms with E-state index in [4.69, 9.17) is 5.84 Å². The number of guanidine groups is 1. The molecular formula is C12H28N4. The molecule has 0 saturated carbocycles. The molecule has 1 atom stereocenters. The minimum atomic E-state index is 0.687. The number of nitrogens with two attached hydrogens (primary N) is 1. The largest absolute Gasteiger partial charge is 0.355 e. The SMILES string of the molecule is CCCCC(CC)CN=C(NN)NCCC. The van der Waals surface area contributed by atoms with Gasteiger partial charge in [0.2, 0.25) is 5.96 Å². The summed E-state index contributed by atoms with van der Waals surface area (Å²) in [6.07, 6.45) is 6.09. The molecule has 0 bridgehead atoms. The van der Waals surface area contributed by atoms with Crippen LogP contribution in [0, 0.1) is 5.92 Å². The number of unbranched alkanes of at least 4 members (excludes halogenated alkanes) is 1. The van der Waals surface area contributed by atoms with E-state index in [-0.39, 0.29) is 0 Å². The Morgan fingerprint density at radius 3 is 2.50 bits per heavy atom. The summed E-state index contributed by atoms with van der Waals surface area (Å²) in [7, 11) is 0. The Balaban J connectivity index is 3.95. The van der Waals surface area contributed by atoms with E-state index in [1.807, 2.05) is 0 Å². The van der Waals surface area contributed by atoms with Gasteiger partial charge in [0.1, 0.15) is 0 Å². The fourth-order valence-electron chi connectivity index (χ4n) is 1.53. The molecule has 0 aliphatic heterocycles. The first-order valence-corrected chi connectivity index (χ1v) is 6.53. The molecule has 0 fully saturated rings. The van der Waals surface area contributed by atoms with Gasteiger partial charge >= 0.3 is 0 Å². The average Bonchev–Trinajstić information content (AvgIpc) is 2.33. The molecule has 0 aromatic carbocycles. The lowest BCUT2D eigenvalue weighted by atomic mass is 10.00. The molecule has 4 N–H and O–H groups in total. The third-order valence-corrected chi connectivity index (χ3v) is 2.73. The highest BCUT2D eigenvalue weighted by Crippen LogP contribution is 2.12. The van der Waals surface area contributed by atoms with E-state index in [9.17, 15) is 0 Å². The van der Waals surface area contributed by atoms with Crippen LogP contribution >= 0.6 is 0 Å². The van der Waals surface area contributed by atoms with Gasteiger partial charge in [0, 0.05) is 13.1 Å². The van der Waals surface area contributed by atoms with Crippen molar-refractivity contribution >= 4 is 5.96 Å². The molecule has 0 aliphatic rings. The van der Waals surface area contributed by atoms with E-state index in [1.165, 1.54) is 25.7 Å². The third kappa shape index (κ3) is 7.51. The van der Waals surface area contributed by atoms with E-state index < -0.39 is 0 Å². The number of hydrogen-bond acceptors (Lipinski definition) is 2. The van der Waals surface area contributed by atoms with E-state index in [2.05, 4.69) is 36.5 Å². The number of nitrogens with zero attached hydrogens (tertiary/aromatic N) is 1. The lowest BCUT2D eigenvalue weighted by Gasteiger charge is -2.13. The van der Waals surface area contributed by atoms with Crippen LogP contribution in [0.4, 0.5) is 0 Å². The van der Waals surface area contributed by atoms with Crippen molar-refractivity contribution in [1.82, 2.24) is 10.7 Å². The van der Waals surface area contributed by atoms with Crippen LogP contribution < -0.4 is 16.6 Å². The Bertz CT molecular complexity index is 180. The first kappa shape index (κ1) is 15.2. The van der Waals surface area contributed by atoms with Crippen LogP contribution in [-0.2, 0) is 0 Å². The molecule has 0 aliphatic carbocycles. The quantitative estimate of drug-likeness (QED) is 0.258. The second-order valence-corrected chi connectivity index (χ2v) is 4.18. The molecule has 16 heavy (non-hydrogen) atoms. The Labute approximate surface area is 100 Å². The highest BCUT2D eigenvalue weighted by molar-refractivity contribution is 5.79. The van der Waals surface area contributed by atoms with Gasteiger partial charge < -0.3 is 5.32 Å². The highest BCUT2D eigenvalue weighted by Gasteiger charge is 2.05. The summed E-state index contributed by atoms with van der Waals surface area (Å²) in [5.41, 5.74) is 2.61. The van der Waals surface area contributed by atoms with Gasteiger partial charge in [-0.25, -0.2) is 5.84 Å². The van der Waals surface area contributed by atoms with Crippen LogP contribution in [0.1, 0.15) is 52.9 Å². The molecule has 96 valence electrons. The van der Waals surface area contributed by atoms with Gasteiger partial charge in [-0.1, -0.05) is 40.0 Å². The Hall–Kier alpha value is -0.770. The number of hydrogen-bond donors (Lipinski definition) is 3. The minimum Gasteiger partial charge on any atom is -0.355 e. The highest BCUT2D eigenvalue weighted by atomic mass is 15.3. The summed E-state index contributed by atoms with van der Waals surface area (Å²) in [5, 5.41) is 3.17. The van der Waals surface area contributed by atoms with Crippen LogP contribution in [0.25, 0.3) is 0 Å². The molecule has 1 unspecified atom stereocenters. The standard InChI is InChI=1S/C12H28N4/c1-4-7-8-11(6-3)10-15-12(16-13)14-9-5-2/h11H,4-10,13H2,1-3H3,(H2,14,15,16). The molecule has 0 rings (SSSR count). The van der Waals surface area contributed by atoms with Gasteiger partial charge in [0.25, 0.3) is 0 Å². The van der Waals surface area contributed by atoms with Crippen molar-refractivity contribution in [2.75, 3.05) is 13.1 Å². The first-order chi connectivity index (χ1) is 7.78. The molecule has 0 aromatic heterocycles. The fourth-order valence-corrected chi connectivity index (χ4v) is 1.53. The van der Waals surface area contributed by atoms with Gasteiger partial charge in [-0.05, 0) is 18.8 Å². The zero-order chi connectivity index (χ0) is 12.2. The Kier molecular flexibility index (Phi) is 10.2. The van der Waals surface area contributed by atoms with Crippen molar-refractivity contribution < 1.29 is 0 Å². The van der Waals surface area contributed by atoms with Crippen LogP contribution in [0.5, 0.6) is 0 Å². The summed E-state index contributed by atoms with van der Waals surface area (Å²) in [6.45, 7) is 8.36. The van der Waals surface area contributed by atoms with Crippen molar-refractivity contribution in [3.05, 3.63) is 0 Å². The summed E-state index contributed by atoms with van der Waals surface area (Å²) < 4.78 is 0. The lowest BCUT2D eigenvalue weighted by molar-refractivity contribution is 0.461. The molecule has 0 radical (unpaired) electrons. The topological polar surface area (TPSA) is 62.4 Å². The van der Waals surface area contributed by atoms with E-state index in [0.717, 1.165) is 25.5 Å². The van der Waals surface area contributed by atoms with Crippen molar-refractivity contribution in [2.45, 2.75) is 52.9 Å². The third-order valence-electron chi connectivity index (χ3n) is 2.73. The summed E-state index contributed by atoms with van der Waals surface area (Å²) >= 11 is 0. The van der Waals surface area contributed by atoms with Crippen molar-refractivity contribution in [2.24, 2.45) is 16.8 Å². The molecule has 0 spiro atoms. The second-order valence-electron chi connectivity index (χ2n) is 4.18. The normalized spacial score (nSPS) is 13.6. The predicted molar refractivity (Wildman–Crippen MR) is 71.2 cm³/mol. The molecular weight excluding hydrogens is 200 g/mol. The molecule has 0 saturated heterocycles. The van der Waals surface area contributed by atoms with E-state index >= 15 is 0 Å². The Morgan fingerprint density at radius 2 is 2.00 bits per heavy atom. The van der Waals surface area contributed by atoms with Gasteiger partial charge in [-0.15, -0.1) is 0 Å². The maximum atomic E-state index is 5.40. The summed E-state index contributed by atoms with van der Waals surface area (Å²) in [4.78, 5) is 4.47. The van der Waals surface area contributed by atoms with Crippen molar-refractivity contribution in [3.63, 3.8) is 0 Å². The lowest BCUT2D eigenvalue weighted by Crippen LogP contribution is -2.42. The molecule has 0 aromatic rings. The maximum Gasteiger partial charge on any atom is 0.205 e. The van der Waals surface area contributed by atoms with Crippen LogP contribution in [0.2, 0.25) is 0 Å². The zero-order valence-electron chi connectivity index (χ0n) is 11.1. The van der Waals surface area contributed by atoms with Gasteiger partial charge in [0.15, 0.2) is 0 Å². The van der Waals surface area contributed by atoms with Gasteiger partial charge in [-0.2, -0.15) is 0 Å². The predicted octanol–water partition coefficient (Wildman–Crippen LogP) is 2.02. The van der Waals surface area contributed by atoms with E-state index in [1.54, 1.807) is 0 Å². The van der Waals surface area contributed by atoms with Gasteiger partial charge in [0.05, 0.1) is 0 Å². The fraction of sp³-hybridized carbons (Fsp3) is 0.917. The van der Waals surface area contributed by atoms with Crippen LogP contribution in [-0.4, -0.2) is 19.0 Å². The van der Waals surface area contributed by atoms with Gasteiger partial charge in [-0.3, -0.25) is 10.4 Å². The van der Waals surface area contributed by atoms with Crippen molar-refractivity contribution in [1.29, 1.82) is 0 Å². The summed E-state index contributed by atoms with van der Waals surface area (Å²) in [5.74, 6) is 6.80. The minimum absolute atomic E-state index is 0.687. The number of nitrogens with one attached hydrogen (secondary N) is 2. The smallest absolute Gasteiger partial charge is 0.205 e. The van der Waals surface area contributed by atoms with Crippen molar-refractivity contribution in [3.8, 4) is 0 Å². The maximum absolute atomic E-state index is 5.40. The number of aliphatic imine (C=N–C) groups is 1. The molecule has 0 amide bonds. The van der Waals surface area contributed by atoms with E-state index in [0.29, 0.717) is 5.92 Å². The molecule has 0 heterocycles. The zero-order valence-corrected chi connectivity index (χ0v) is 11.1.